The molecule has 0 saturated heterocycles. The summed E-state index contributed by atoms with van der Waals surface area (Å²) < 4.78 is 13.2. The first-order chi connectivity index (χ1) is 7.16. The van der Waals surface area contributed by atoms with Gasteiger partial charge in [-0.3, -0.25) is 4.79 Å². The van der Waals surface area contributed by atoms with Crippen molar-refractivity contribution >= 4 is 21.7 Å². The van der Waals surface area contributed by atoms with Crippen molar-refractivity contribution in [1.29, 1.82) is 0 Å². The predicted octanol–water partition coefficient (Wildman–Crippen LogP) is 3.88. The molecule has 0 heterocycles. The summed E-state index contributed by atoms with van der Waals surface area (Å²) in [7, 11) is 0. The molecule has 0 aliphatic heterocycles. The highest BCUT2D eigenvalue weighted by atomic mass is 79.9. The van der Waals surface area contributed by atoms with Crippen molar-refractivity contribution in [1.82, 2.24) is 0 Å². The molecule has 0 spiro atoms. The van der Waals surface area contributed by atoms with Crippen LogP contribution in [0, 0.1) is 12.7 Å². The fourth-order valence-electron chi connectivity index (χ4n) is 1.42. The Morgan fingerprint density at radius 2 is 2.13 bits per heavy atom. The largest absolute Gasteiger partial charge is 0.294 e. The van der Waals surface area contributed by atoms with Gasteiger partial charge in [-0.25, -0.2) is 4.39 Å². The molecule has 0 saturated carbocycles. The van der Waals surface area contributed by atoms with Crippen molar-refractivity contribution < 1.29 is 9.18 Å². The van der Waals surface area contributed by atoms with Gasteiger partial charge >= 0.3 is 0 Å². The Kier molecular flexibility index (Phi) is 4.95. The van der Waals surface area contributed by atoms with Crippen LogP contribution in [0.2, 0.25) is 0 Å². The van der Waals surface area contributed by atoms with E-state index in [1.165, 1.54) is 6.07 Å². The Morgan fingerprint density at radius 3 is 2.80 bits per heavy atom. The number of rotatable bonds is 5. The number of hydrogen-bond donors (Lipinski definition) is 0. The van der Waals surface area contributed by atoms with E-state index in [0.29, 0.717) is 17.5 Å². The van der Waals surface area contributed by atoms with Gasteiger partial charge in [0.15, 0.2) is 5.78 Å². The Morgan fingerprint density at radius 1 is 1.40 bits per heavy atom. The zero-order chi connectivity index (χ0) is 11.3. The Hall–Kier alpha value is -0.700. The van der Waals surface area contributed by atoms with Crippen molar-refractivity contribution in [2.75, 3.05) is 5.33 Å². The topological polar surface area (TPSA) is 17.1 Å². The summed E-state index contributed by atoms with van der Waals surface area (Å²) in [5.74, 6) is -0.269. The van der Waals surface area contributed by atoms with Crippen LogP contribution in [0.15, 0.2) is 18.2 Å². The maximum absolute atomic E-state index is 13.2. The van der Waals surface area contributed by atoms with E-state index in [2.05, 4.69) is 15.9 Å². The Bertz CT molecular complexity index is 349. The third-order valence-corrected chi connectivity index (χ3v) is 2.92. The summed E-state index contributed by atoms with van der Waals surface area (Å²) in [6.45, 7) is 1.65. The monoisotopic (exact) mass is 272 g/mol. The van der Waals surface area contributed by atoms with Gasteiger partial charge in [-0.15, -0.1) is 0 Å². The highest BCUT2D eigenvalue weighted by Gasteiger charge is 2.10. The lowest BCUT2D eigenvalue weighted by atomic mass is 10.0. The minimum Gasteiger partial charge on any atom is -0.294 e. The number of hydrogen-bond acceptors (Lipinski definition) is 1. The van der Waals surface area contributed by atoms with Crippen LogP contribution >= 0.6 is 15.9 Å². The van der Waals surface area contributed by atoms with Crippen molar-refractivity contribution in [3.63, 3.8) is 0 Å². The first kappa shape index (κ1) is 12.4. The summed E-state index contributed by atoms with van der Waals surface area (Å²) in [4.78, 5) is 11.7. The molecule has 0 amide bonds. The van der Waals surface area contributed by atoms with Crippen LogP contribution in [0.1, 0.15) is 35.2 Å². The molecule has 1 aromatic carbocycles. The fourth-order valence-corrected chi connectivity index (χ4v) is 1.82. The second kappa shape index (κ2) is 6.01. The van der Waals surface area contributed by atoms with Crippen LogP contribution in [-0.2, 0) is 0 Å². The van der Waals surface area contributed by atoms with Gasteiger partial charge in [-0.1, -0.05) is 28.1 Å². The minimum absolute atomic E-state index is 0.0351. The number of benzene rings is 1. The van der Waals surface area contributed by atoms with E-state index in [1.54, 1.807) is 19.1 Å². The molecule has 1 nitrogen and oxygen atoms in total. The number of unbranched alkanes of at least 4 members (excludes halogenated alkanes) is 1. The lowest BCUT2D eigenvalue weighted by Crippen LogP contribution is -2.03. The molecular weight excluding hydrogens is 259 g/mol. The van der Waals surface area contributed by atoms with E-state index in [1.807, 2.05) is 0 Å². The standard InChI is InChI=1S/C12H14BrFO/c1-9-10(5-4-6-11(9)14)12(15)7-2-3-8-13/h4-6H,2-3,7-8H2,1H3. The van der Waals surface area contributed by atoms with Gasteiger partial charge in [0, 0.05) is 17.3 Å². The van der Waals surface area contributed by atoms with E-state index in [0.717, 1.165) is 18.2 Å². The zero-order valence-electron chi connectivity index (χ0n) is 8.72. The second-order valence-electron chi connectivity index (χ2n) is 3.48. The number of halogens is 2. The lowest BCUT2D eigenvalue weighted by molar-refractivity contribution is 0.0979. The molecule has 0 aliphatic rings. The molecule has 0 aromatic heterocycles. The van der Waals surface area contributed by atoms with E-state index < -0.39 is 0 Å². The van der Waals surface area contributed by atoms with Gasteiger partial charge in [-0.2, -0.15) is 0 Å². The van der Waals surface area contributed by atoms with E-state index in [4.69, 9.17) is 0 Å². The third kappa shape index (κ3) is 3.42. The summed E-state index contributed by atoms with van der Waals surface area (Å²) in [5.41, 5.74) is 0.978. The number of carbonyl (C=O) groups excluding carboxylic acids is 1. The normalized spacial score (nSPS) is 10.3. The minimum atomic E-state index is -0.304. The van der Waals surface area contributed by atoms with Crippen LogP contribution < -0.4 is 0 Å². The van der Waals surface area contributed by atoms with Crippen LogP contribution in [0.5, 0.6) is 0 Å². The van der Waals surface area contributed by atoms with Gasteiger partial charge in [0.1, 0.15) is 5.82 Å². The Balaban J connectivity index is 2.69. The molecule has 0 fully saturated rings. The van der Waals surface area contributed by atoms with E-state index in [-0.39, 0.29) is 11.6 Å². The molecule has 1 aromatic rings. The number of Topliss-reactive ketones (excluding diaryl/α,β-unsaturated/α-hetero) is 1. The average molecular weight is 273 g/mol. The first-order valence-corrected chi connectivity index (χ1v) is 6.13. The quantitative estimate of drug-likeness (QED) is 0.452. The lowest BCUT2D eigenvalue weighted by Gasteiger charge is -2.05. The van der Waals surface area contributed by atoms with Crippen molar-refractivity contribution in [3.8, 4) is 0 Å². The molecule has 0 unspecified atom stereocenters. The highest BCUT2D eigenvalue weighted by molar-refractivity contribution is 9.09. The zero-order valence-corrected chi connectivity index (χ0v) is 10.3. The van der Waals surface area contributed by atoms with E-state index >= 15 is 0 Å². The summed E-state index contributed by atoms with van der Waals surface area (Å²) >= 11 is 3.31. The smallest absolute Gasteiger partial charge is 0.163 e. The van der Waals surface area contributed by atoms with Crippen LogP contribution in [-0.4, -0.2) is 11.1 Å². The molecule has 15 heavy (non-hydrogen) atoms. The fraction of sp³-hybridized carbons (Fsp3) is 0.417. The van der Waals surface area contributed by atoms with Crippen molar-refractivity contribution in [2.24, 2.45) is 0 Å². The molecule has 0 aliphatic carbocycles. The van der Waals surface area contributed by atoms with Crippen LogP contribution in [0.3, 0.4) is 0 Å². The number of carbonyl (C=O) groups is 1. The van der Waals surface area contributed by atoms with Gasteiger partial charge in [0.05, 0.1) is 0 Å². The second-order valence-corrected chi connectivity index (χ2v) is 4.27. The summed E-state index contributed by atoms with van der Waals surface area (Å²) in [6, 6.07) is 4.65. The Labute approximate surface area is 97.8 Å². The molecule has 82 valence electrons. The van der Waals surface area contributed by atoms with Gasteiger partial charge in [0.2, 0.25) is 0 Å². The SMILES string of the molecule is Cc1c(F)cccc1C(=O)CCCCBr. The van der Waals surface area contributed by atoms with Crippen LogP contribution in [0.25, 0.3) is 0 Å². The summed E-state index contributed by atoms with van der Waals surface area (Å²) in [6.07, 6.45) is 2.32. The van der Waals surface area contributed by atoms with E-state index in [9.17, 15) is 9.18 Å². The van der Waals surface area contributed by atoms with Gasteiger partial charge < -0.3 is 0 Å². The predicted molar refractivity (Wildman–Crippen MR) is 63.1 cm³/mol. The van der Waals surface area contributed by atoms with Crippen LogP contribution in [0.4, 0.5) is 4.39 Å². The molecule has 0 bridgehead atoms. The highest BCUT2D eigenvalue weighted by Crippen LogP contribution is 2.15. The molecular formula is C12H14BrFO. The maximum Gasteiger partial charge on any atom is 0.163 e. The average Bonchev–Trinajstić information content (AvgIpc) is 2.22. The first-order valence-electron chi connectivity index (χ1n) is 5.01. The van der Waals surface area contributed by atoms with Gasteiger partial charge in [0.25, 0.3) is 0 Å². The third-order valence-electron chi connectivity index (χ3n) is 2.36. The number of ketones is 1. The number of alkyl halides is 1. The van der Waals surface area contributed by atoms with Gasteiger partial charge in [-0.05, 0) is 31.4 Å². The molecule has 0 N–H and O–H groups in total. The molecule has 3 heteroatoms. The molecule has 0 radical (unpaired) electrons. The summed E-state index contributed by atoms with van der Waals surface area (Å²) in [5, 5.41) is 0.905. The van der Waals surface area contributed by atoms with Crippen molar-refractivity contribution in [2.45, 2.75) is 26.2 Å². The maximum atomic E-state index is 13.2. The molecule has 1 rings (SSSR count). The van der Waals surface area contributed by atoms with Crippen molar-refractivity contribution in [3.05, 3.63) is 35.1 Å². The molecule has 0 atom stereocenters.